The first kappa shape index (κ1) is 33.6. The number of ketones is 1. The van der Waals surface area contributed by atoms with Crippen LogP contribution in [0.3, 0.4) is 0 Å². The van der Waals surface area contributed by atoms with Crippen LogP contribution in [-0.4, -0.2) is 80.1 Å². The van der Waals surface area contributed by atoms with Crippen LogP contribution in [0.25, 0.3) is 10.2 Å². The van der Waals surface area contributed by atoms with E-state index < -0.39 is 15.8 Å². The zero-order valence-corrected chi connectivity index (χ0v) is 27.3. The van der Waals surface area contributed by atoms with Crippen LogP contribution < -0.4 is 10.6 Å². The number of thiazole rings is 1. The zero-order valence-electron chi connectivity index (χ0n) is 24.9. The van der Waals surface area contributed by atoms with Crippen LogP contribution in [0, 0.1) is 11.8 Å². The Kier molecular flexibility index (Phi) is 12.2. The van der Waals surface area contributed by atoms with Crippen LogP contribution in [0.1, 0.15) is 62.8 Å². The van der Waals surface area contributed by atoms with Gasteiger partial charge in [0.15, 0.2) is 15.6 Å². The number of Topliss-reactive ketones (excluding diaryl/α,β-unsaturated/α-hetero) is 1. The number of amides is 2. The quantitative estimate of drug-likeness (QED) is 0.292. The highest BCUT2D eigenvalue weighted by atomic mass is 35.5. The number of hydrogen-bond acceptors (Lipinski definition) is 8. The Labute approximate surface area is 263 Å². The van der Waals surface area contributed by atoms with Crippen molar-refractivity contribution in [1.82, 2.24) is 20.5 Å². The monoisotopic (exact) mass is 650 g/mol. The van der Waals surface area contributed by atoms with Crippen LogP contribution in [0.15, 0.2) is 30.4 Å². The van der Waals surface area contributed by atoms with E-state index in [9.17, 15) is 22.8 Å². The Morgan fingerprint density at radius 2 is 1.88 bits per heavy atom. The molecule has 2 aliphatic rings. The highest BCUT2D eigenvalue weighted by Gasteiger charge is 2.28. The van der Waals surface area contributed by atoms with Crippen LogP contribution in [0.2, 0.25) is 5.02 Å². The molecule has 12 heteroatoms. The van der Waals surface area contributed by atoms with E-state index in [1.165, 1.54) is 30.6 Å². The molecule has 2 N–H and O–H groups in total. The van der Waals surface area contributed by atoms with E-state index in [4.69, 9.17) is 11.6 Å². The molecule has 2 fully saturated rings. The topological polar surface area (TPSA) is 126 Å². The summed E-state index contributed by atoms with van der Waals surface area (Å²) in [7, 11) is -1.43. The third-order valence-corrected chi connectivity index (χ3v) is 11.4. The summed E-state index contributed by atoms with van der Waals surface area (Å²) in [5, 5.41) is 7.24. The molecule has 0 bridgehead atoms. The second-order valence-electron chi connectivity index (χ2n) is 11.9. The normalized spacial score (nSPS) is 19.0. The van der Waals surface area contributed by atoms with Crippen molar-refractivity contribution < 1.29 is 22.8 Å². The minimum Gasteiger partial charge on any atom is -0.359 e. The Morgan fingerprint density at radius 1 is 1.16 bits per heavy atom. The van der Waals surface area contributed by atoms with E-state index in [-0.39, 0.29) is 48.0 Å². The van der Waals surface area contributed by atoms with Crippen LogP contribution in [0.5, 0.6) is 0 Å². The van der Waals surface area contributed by atoms with Gasteiger partial charge in [0, 0.05) is 62.6 Å². The fraction of sp³-hybridized carbons (Fsp3) is 0.613. The van der Waals surface area contributed by atoms with Gasteiger partial charge in [-0.15, -0.1) is 11.3 Å². The van der Waals surface area contributed by atoms with Crippen LogP contribution >= 0.6 is 22.9 Å². The largest absolute Gasteiger partial charge is 0.359 e. The molecular formula is C31H43ClN4O5S2. The summed E-state index contributed by atoms with van der Waals surface area (Å²) in [5.74, 6) is -0.401. The molecule has 4 rings (SSSR count). The third-order valence-electron chi connectivity index (χ3n) is 8.55. The summed E-state index contributed by atoms with van der Waals surface area (Å²) in [4.78, 5) is 45.8. The van der Waals surface area contributed by atoms with Gasteiger partial charge in [0.1, 0.15) is 0 Å². The van der Waals surface area contributed by atoms with Crippen molar-refractivity contribution >= 4 is 60.6 Å². The van der Waals surface area contributed by atoms with Gasteiger partial charge in [0.25, 0.3) is 0 Å². The summed E-state index contributed by atoms with van der Waals surface area (Å²) in [5.41, 5.74) is 1.28. The molecule has 43 heavy (non-hydrogen) atoms. The predicted molar refractivity (Wildman–Crippen MR) is 172 cm³/mol. The number of aromatic nitrogens is 1. The number of rotatable bonds is 14. The van der Waals surface area contributed by atoms with Gasteiger partial charge in [-0.3, -0.25) is 19.3 Å². The van der Waals surface area contributed by atoms with Gasteiger partial charge in [-0.25, -0.2) is 13.4 Å². The molecule has 0 spiro atoms. The molecule has 1 aliphatic carbocycles. The second kappa shape index (κ2) is 15.6. The molecule has 9 nitrogen and oxygen atoms in total. The first-order valence-electron chi connectivity index (χ1n) is 15.2. The average molecular weight is 651 g/mol. The van der Waals surface area contributed by atoms with Crippen molar-refractivity contribution in [2.24, 2.45) is 11.8 Å². The zero-order chi connectivity index (χ0) is 31.0. The maximum atomic E-state index is 13.7. The molecule has 1 saturated heterocycles. The van der Waals surface area contributed by atoms with Gasteiger partial charge >= 0.3 is 0 Å². The second-order valence-corrected chi connectivity index (χ2v) is 15.8. The fourth-order valence-corrected chi connectivity index (χ4v) is 8.57. The fourth-order valence-electron chi connectivity index (χ4n) is 5.97. The van der Waals surface area contributed by atoms with E-state index in [1.807, 2.05) is 17.0 Å². The van der Waals surface area contributed by atoms with E-state index in [0.717, 1.165) is 34.5 Å². The smallest absolute Gasteiger partial charge is 0.224 e. The van der Waals surface area contributed by atoms with Crippen molar-refractivity contribution in [1.29, 1.82) is 0 Å². The van der Waals surface area contributed by atoms with E-state index in [0.29, 0.717) is 49.0 Å². The van der Waals surface area contributed by atoms with Crippen molar-refractivity contribution in [3.63, 3.8) is 0 Å². The highest BCUT2D eigenvalue weighted by molar-refractivity contribution is 7.91. The van der Waals surface area contributed by atoms with Gasteiger partial charge in [0.05, 0.1) is 32.6 Å². The summed E-state index contributed by atoms with van der Waals surface area (Å²) in [6.45, 7) is 5.16. The number of carbonyl (C=O) groups is 3. The molecule has 1 aliphatic heterocycles. The predicted octanol–water partition coefficient (Wildman–Crippen LogP) is 4.34. The van der Waals surface area contributed by atoms with Crippen LogP contribution in [-0.2, 0) is 30.6 Å². The Hall–Kier alpha value is -2.34. The molecule has 0 unspecified atom stereocenters. The van der Waals surface area contributed by atoms with Crippen molar-refractivity contribution in [2.45, 2.75) is 70.3 Å². The SMILES string of the molecule is C=C(CN1CCS(=O)(=O)CC1)C(=O)CC[C@H](CC1CCCCC1)NC(=O)[C@@H](CC(=O)NC)Cc1nc2ccc(Cl)cc2s1. The third kappa shape index (κ3) is 10.4. The number of benzene rings is 1. The number of carbonyl (C=O) groups excluding carboxylic acids is 3. The molecule has 2 amide bonds. The molecule has 236 valence electrons. The lowest BCUT2D eigenvalue weighted by molar-refractivity contribution is -0.130. The molecule has 1 aromatic heterocycles. The van der Waals surface area contributed by atoms with Crippen molar-refractivity contribution in [3.8, 4) is 0 Å². The minimum absolute atomic E-state index is 0.0381. The summed E-state index contributed by atoms with van der Waals surface area (Å²) < 4.78 is 24.4. The highest BCUT2D eigenvalue weighted by Crippen LogP contribution is 2.30. The average Bonchev–Trinajstić information content (AvgIpc) is 3.38. The van der Waals surface area contributed by atoms with Gasteiger partial charge in [0.2, 0.25) is 11.8 Å². The van der Waals surface area contributed by atoms with E-state index in [2.05, 4.69) is 22.2 Å². The van der Waals surface area contributed by atoms with Crippen molar-refractivity contribution in [2.75, 3.05) is 38.2 Å². The molecule has 2 heterocycles. The number of sulfone groups is 1. The Morgan fingerprint density at radius 3 is 2.58 bits per heavy atom. The Bertz CT molecular complexity index is 1410. The van der Waals surface area contributed by atoms with Gasteiger partial charge in [-0.1, -0.05) is 50.3 Å². The van der Waals surface area contributed by atoms with Crippen LogP contribution in [0.4, 0.5) is 0 Å². The lowest BCUT2D eigenvalue weighted by atomic mass is 9.83. The minimum atomic E-state index is -2.99. The number of nitrogens with zero attached hydrogens (tertiary/aromatic N) is 2. The number of halogens is 1. The first-order chi connectivity index (χ1) is 20.5. The molecule has 1 saturated carbocycles. The molecule has 0 radical (unpaired) electrons. The molecule has 2 aromatic rings. The summed E-state index contributed by atoms with van der Waals surface area (Å²) >= 11 is 7.62. The standard InChI is InChI=1S/C31H43ClN4O5S2/c1-21(20-36-12-14-43(40,41)15-13-36)27(37)11-9-25(16-22-6-4-3-5-7-22)34-31(39)23(17-29(38)33-2)18-30-35-26-10-8-24(32)19-28(26)42-30/h8,10,19,22-23,25H,1,3-7,9,11-18,20H2,2H3,(H,33,38)(H,34,39)/t23-,25+/m0/s1. The number of hydrogen-bond donors (Lipinski definition) is 2. The van der Waals surface area contributed by atoms with Gasteiger partial charge in [-0.05, 0) is 37.0 Å². The van der Waals surface area contributed by atoms with Gasteiger partial charge in [-0.2, -0.15) is 0 Å². The number of fused-ring (bicyclic) bond motifs is 1. The Balaban J connectivity index is 1.41. The molecule has 1 aromatic carbocycles. The van der Waals surface area contributed by atoms with Gasteiger partial charge < -0.3 is 10.6 Å². The molecular weight excluding hydrogens is 608 g/mol. The maximum Gasteiger partial charge on any atom is 0.224 e. The lowest BCUT2D eigenvalue weighted by Crippen LogP contribution is -2.43. The lowest BCUT2D eigenvalue weighted by Gasteiger charge is -2.29. The van der Waals surface area contributed by atoms with E-state index in [1.54, 1.807) is 13.1 Å². The number of nitrogens with one attached hydrogen (secondary N) is 2. The summed E-state index contributed by atoms with van der Waals surface area (Å²) in [6.07, 6.45) is 7.70. The molecule has 2 atom stereocenters. The summed E-state index contributed by atoms with van der Waals surface area (Å²) in [6, 6.07) is 5.28. The van der Waals surface area contributed by atoms with E-state index >= 15 is 0 Å². The first-order valence-corrected chi connectivity index (χ1v) is 18.2. The maximum absolute atomic E-state index is 13.7. The van der Waals surface area contributed by atoms with Crippen molar-refractivity contribution in [3.05, 3.63) is 40.4 Å².